The van der Waals surface area contributed by atoms with E-state index in [1.165, 1.54) is 12.1 Å². The minimum Gasteiger partial charge on any atom is -0.483 e. The normalized spacial score (nSPS) is 24.2. The predicted molar refractivity (Wildman–Crippen MR) is 110 cm³/mol. The molecule has 7 nitrogen and oxygen atoms in total. The summed E-state index contributed by atoms with van der Waals surface area (Å²) >= 11 is 0. The number of nitrogens with one attached hydrogen (secondary N) is 1. The van der Waals surface area contributed by atoms with E-state index < -0.39 is 22.5 Å². The highest BCUT2D eigenvalue weighted by atomic mass is 16.6. The van der Waals surface area contributed by atoms with Gasteiger partial charge in [0.1, 0.15) is 17.3 Å². The van der Waals surface area contributed by atoms with Gasteiger partial charge in [-0.3, -0.25) is 14.9 Å². The fourth-order valence-corrected chi connectivity index (χ4v) is 4.28. The van der Waals surface area contributed by atoms with Gasteiger partial charge in [0.15, 0.2) is 5.78 Å². The fourth-order valence-electron chi connectivity index (χ4n) is 4.28. The van der Waals surface area contributed by atoms with E-state index in [4.69, 9.17) is 4.74 Å². The molecule has 3 aromatic rings. The number of non-ortho nitro benzene ring substituents is 1. The smallest absolute Gasteiger partial charge is 0.269 e. The van der Waals surface area contributed by atoms with Crippen LogP contribution >= 0.6 is 0 Å². The van der Waals surface area contributed by atoms with Crippen LogP contribution in [0.5, 0.6) is 5.75 Å². The average molecular weight is 399 g/mol. The molecule has 0 aliphatic carbocycles. The number of nitro benzene ring substituents is 1. The summed E-state index contributed by atoms with van der Waals surface area (Å²) in [5.74, 6) is 0.378. The first-order valence-electron chi connectivity index (χ1n) is 9.51. The number of hydrogen-bond acceptors (Lipinski definition) is 6. The first-order chi connectivity index (χ1) is 14.6. The molecule has 1 spiro atoms. The van der Waals surface area contributed by atoms with E-state index in [2.05, 4.69) is 10.5 Å². The SMILES string of the molecule is O=C1c2ccccc2OC(c2ccccc2)C12C=NNC2c1cccc([N+](=O)[O-])c1. The van der Waals surface area contributed by atoms with Crippen LogP contribution in [0, 0.1) is 15.5 Å². The van der Waals surface area contributed by atoms with Crippen molar-refractivity contribution in [3.63, 3.8) is 0 Å². The van der Waals surface area contributed by atoms with Crippen LogP contribution in [0.2, 0.25) is 0 Å². The standard InChI is InChI=1S/C23H17N3O4/c27-21-18-11-4-5-12-19(18)30-22(15-7-2-1-3-8-15)23(21)14-24-25-20(23)16-9-6-10-17(13-16)26(28)29/h1-14,20,22,25H. The number of carbonyl (C=O) groups is 1. The Kier molecular flexibility index (Phi) is 4.10. The molecule has 0 saturated heterocycles. The predicted octanol–water partition coefficient (Wildman–Crippen LogP) is 4.23. The maximum Gasteiger partial charge on any atom is 0.269 e. The Labute approximate surface area is 172 Å². The number of hydrogen-bond donors (Lipinski definition) is 1. The van der Waals surface area contributed by atoms with Gasteiger partial charge in [-0.05, 0) is 23.3 Å². The third-order valence-corrected chi connectivity index (χ3v) is 5.68. The Bertz CT molecular complexity index is 1180. The van der Waals surface area contributed by atoms with E-state index in [9.17, 15) is 14.9 Å². The van der Waals surface area contributed by atoms with Crippen LogP contribution in [0.3, 0.4) is 0 Å². The fraction of sp³-hybridized carbons (Fsp3) is 0.130. The average Bonchev–Trinajstić information content (AvgIpc) is 3.22. The third kappa shape index (κ3) is 2.59. The Morgan fingerprint density at radius 1 is 0.967 bits per heavy atom. The lowest BCUT2D eigenvalue weighted by atomic mass is 9.66. The highest BCUT2D eigenvalue weighted by Gasteiger charge is 2.59. The molecule has 2 aliphatic heterocycles. The molecule has 3 unspecified atom stereocenters. The first kappa shape index (κ1) is 18.1. The maximum atomic E-state index is 13.9. The van der Waals surface area contributed by atoms with Crippen molar-refractivity contribution >= 4 is 17.7 Å². The van der Waals surface area contributed by atoms with E-state index in [1.54, 1.807) is 36.5 Å². The van der Waals surface area contributed by atoms with Gasteiger partial charge in [0, 0.05) is 18.3 Å². The molecule has 3 atom stereocenters. The molecule has 0 radical (unpaired) electrons. The molecule has 148 valence electrons. The molecule has 2 aliphatic rings. The van der Waals surface area contributed by atoms with Crippen molar-refractivity contribution in [2.24, 2.45) is 10.5 Å². The van der Waals surface area contributed by atoms with Gasteiger partial charge < -0.3 is 10.2 Å². The van der Waals surface area contributed by atoms with E-state index >= 15 is 0 Å². The lowest BCUT2D eigenvalue weighted by Gasteiger charge is -2.42. The molecule has 3 aromatic carbocycles. The van der Waals surface area contributed by atoms with Crippen LogP contribution in [0.15, 0.2) is 84.0 Å². The van der Waals surface area contributed by atoms with Crippen molar-refractivity contribution < 1.29 is 14.5 Å². The van der Waals surface area contributed by atoms with Crippen LogP contribution < -0.4 is 10.2 Å². The number of Topliss-reactive ketones (excluding diaryl/α,β-unsaturated/α-hetero) is 1. The minimum atomic E-state index is -1.19. The Balaban J connectivity index is 1.71. The number of rotatable bonds is 3. The number of para-hydroxylation sites is 1. The number of fused-ring (bicyclic) bond motifs is 1. The molecule has 7 heteroatoms. The monoisotopic (exact) mass is 399 g/mol. The van der Waals surface area contributed by atoms with Gasteiger partial charge in [-0.2, -0.15) is 5.10 Å². The van der Waals surface area contributed by atoms with Gasteiger partial charge in [0.25, 0.3) is 5.69 Å². The van der Waals surface area contributed by atoms with Crippen molar-refractivity contribution in [2.75, 3.05) is 0 Å². The molecule has 1 N–H and O–H groups in total. The highest BCUT2D eigenvalue weighted by Crippen LogP contribution is 2.53. The van der Waals surface area contributed by atoms with Gasteiger partial charge in [-0.25, -0.2) is 0 Å². The molecule has 0 saturated carbocycles. The number of carbonyl (C=O) groups excluding carboxylic acids is 1. The number of ketones is 1. The van der Waals surface area contributed by atoms with Crippen LogP contribution in [0.1, 0.15) is 33.6 Å². The van der Waals surface area contributed by atoms with E-state index in [0.717, 1.165) is 5.56 Å². The molecule has 5 rings (SSSR count). The number of ether oxygens (including phenoxy) is 1. The largest absolute Gasteiger partial charge is 0.483 e. The van der Waals surface area contributed by atoms with Gasteiger partial charge in [0.05, 0.1) is 16.5 Å². The second-order valence-corrected chi connectivity index (χ2v) is 7.34. The highest BCUT2D eigenvalue weighted by molar-refractivity contribution is 6.14. The lowest BCUT2D eigenvalue weighted by Crippen LogP contribution is -2.49. The summed E-state index contributed by atoms with van der Waals surface area (Å²) in [6.45, 7) is 0. The van der Waals surface area contributed by atoms with Crippen molar-refractivity contribution in [3.05, 3.63) is 106 Å². The molecule has 0 fully saturated rings. The lowest BCUT2D eigenvalue weighted by molar-refractivity contribution is -0.384. The maximum absolute atomic E-state index is 13.9. The summed E-state index contributed by atoms with van der Waals surface area (Å²) < 4.78 is 6.37. The molecular formula is C23H17N3O4. The molecule has 0 bridgehead atoms. The Hall–Kier alpha value is -4.00. The molecule has 30 heavy (non-hydrogen) atoms. The molecule has 0 aromatic heterocycles. The van der Waals surface area contributed by atoms with Crippen LogP contribution in [-0.4, -0.2) is 16.9 Å². The molecule has 0 amide bonds. The quantitative estimate of drug-likeness (QED) is 0.525. The summed E-state index contributed by atoms with van der Waals surface area (Å²) in [5, 5.41) is 15.6. The minimum absolute atomic E-state index is 0.0443. The number of nitro groups is 1. The van der Waals surface area contributed by atoms with Crippen molar-refractivity contribution in [2.45, 2.75) is 12.1 Å². The van der Waals surface area contributed by atoms with E-state index in [1.807, 2.05) is 36.4 Å². The van der Waals surface area contributed by atoms with E-state index in [-0.39, 0.29) is 11.5 Å². The summed E-state index contributed by atoms with van der Waals surface area (Å²) in [5.41, 5.74) is 3.66. The number of hydrazone groups is 1. The van der Waals surface area contributed by atoms with Crippen LogP contribution in [0.4, 0.5) is 5.69 Å². The summed E-state index contributed by atoms with van der Waals surface area (Å²) in [7, 11) is 0. The zero-order valence-corrected chi connectivity index (χ0v) is 15.8. The Morgan fingerprint density at radius 2 is 1.70 bits per heavy atom. The first-order valence-corrected chi connectivity index (χ1v) is 9.51. The zero-order chi connectivity index (χ0) is 20.7. The van der Waals surface area contributed by atoms with Crippen LogP contribution in [0.25, 0.3) is 0 Å². The van der Waals surface area contributed by atoms with Crippen molar-refractivity contribution in [3.8, 4) is 5.75 Å². The van der Waals surface area contributed by atoms with Gasteiger partial charge >= 0.3 is 0 Å². The van der Waals surface area contributed by atoms with Crippen molar-refractivity contribution in [1.29, 1.82) is 0 Å². The van der Waals surface area contributed by atoms with Gasteiger partial charge in [-0.15, -0.1) is 0 Å². The second-order valence-electron chi connectivity index (χ2n) is 7.34. The van der Waals surface area contributed by atoms with Crippen LogP contribution in [-0.2, 0) is 0 Å². The second kappa shape index (κ2) is 6.81. The number of nitrogens with zero attached hydrogens (tertiary/aromatic N) is 2. The Morgan fingerprint density at radius 3 is 2.50 bits per heavy atom. The number of benzene rings is 3. The molecular weight excluding hydrogens is 382 g/mol. The molecule has 2 heterocycles. The third-order valence-electron chi connectivity index (χ3n) is 5.68. The van der Waals surface area contributed by atoms with E-state index in [0.29, 0.717) is 16.9 Å². The summed E-state index contributed by atoms with van der Waals surface area (Å²) in [4.78, 5) is 24.7. The topological polar surface area (TPSA) is 93.8 Å². The summed E-state index contributed by atoms with van der Waals surface area (Å²) in [6.07, 6.45) is 0.941. The van der Waals surface area contributed by atoms with Crippen molar-refractivity contribution in [1.82, 2.24) is 5.43 Å². The van der Waals surface area contributed by atoms with Gasteiger partial charge in [-0.1, -0.05) is 54.6 Å². The van der Waals surface area contributed by atoms with Gasteiger partial charge in [0.2, 0.25) is 0 Å². The summed E-state index contributed by atoms with van der Waals surface area (Å²) in [6, 6.07) is 22.3. The zero-order valence-electron chi connectivity index (χ0n) is 15.8.